The molecule has 1 aliphatic heterocycles. The number of carbonyl (C=O) groups excluding carboxylic acids is 1. The van der Waals surface area contributed by atoms with E-state index in [0.717, 1.165) is 23.3 Å². The second-order valence-electron chi connectivity index (χ2n) is 10.5. The lowest BCUT2D eigenvalue weighted by molar-refractivity contribution is 0.0341. The highest BCUT2D eigenvalue weighted by atomic mass is 32.2. The zero-order valence-electron chi connectivity index (χ0n) is 23.3. The molecule has 2 N–H and O–H groups in total. The maximum atomic E-state index is 13.5. The number of hydrogen-bond donors (Lipinski definition) is 2. The van der Waals surface area contributed by atoms with Gasteiger partial charge in [0.05, 0.1) is 24.5 Å². The van der Waals surface area contributed by atoms with Crippen LogP contribution in [-0.4, -0.2) is 74.4 Å². The molecule has 0 saturated carbocycles. The van der Waals surface area contributed by atoms with Crippen molar-refractivity contribution in [1.82, 2.24) is 9.80 Å². The molecule has 9 nitrogen and oxygen atoms in total. The third-order valence-corrected chi connectivity index (χ3v) is 7.42. The molecule has 1 aliphatic rings. The van der Waals surface area contributed by atoms with Gasteiger partial charge in [0.2, 0.25) is 10.0 Å². The summed E-state index contributed by atoms with van der Waals surface area (Å²) in [5, 5.41) is 9.85. The minimum atomic E-state index is -3.53. The molecule has 1 amide bonds. The summed E-state index contributed by atoms with van der Waals surface area (Å²) >= 11 is 0. The third-order valence-electron chi connectivity index (χ3n) is 6.81. The molecule has 0 bridgehead atoms. The van der Waals surface area contributed by atoms with Crippen LogP contribution >= 0.6 is 0 Å². The Morgan fingerprint density at radius 3 is 2.42 bits per heavy atom. The van der Waals surface area contributed by atoms with Crippen LogP contribution < -0.4 is 14.2 Å². The molecule has 3 aromatic rings. The number of likely N-dealkylation sites (N-methyl/N-ethyl adjacent to an activating group) is 1. The van der Waals surface area contributed by atoms with E-state index in [2.05, 4.69) is 9.62 Å². The first-order chi connectivity index (χ1) is 19.0. The molecule has 214 valence electrons. The number of aliphatic hydroxyl groups is 1. The van der Waals surface area contributed by atoms with Crippen LogP contribution in [0.5, 0.6) is 17.2 Å². The van der Waals surface area contributed by atoms with Crippen LogP contribution in [0.4, 0.5) is 5.69 Å². The van der Waals surface area contributed by atoms with Crippen molar-refractivity contribution in [3.8, 4) is 17.2 Å². The first kappa shape index (κ1) is 29.4. The van der Waals surface area contributed by atoms with E-state index in [0.29, 0.717) is 25.4 Å². The van der Waals surface area contributed by atoms with Crippen molar-refractivity contribution in [3.63, 3.8) is 0 Å². The van der Waals surface area contributed by atoms with Crippen LogP contribution in [0.15, 0.2) is 72.8 Å². The molecule has 1 heterocycles. The Hall–Kier alpha value is -3.60. The van der Waals surface area contributed by atoms with Gasteiger partial charge in [0, 0.05) is 31.2 Å². The van der Waals surface area contributed by atoms with Crippen molar-refractivity contribution in [3.05, 3.63) is 83.9 Å². The SMILES string of the molecule is C[C@@H]1CN([C@@H](C)CO)C(=O)c2cc(NS(C)(=O)=O)ccc2O[C@H]1CN(C)Cc1ccc(Oc2ccccc2)cc1. The van der Waals surface area contributed by atoms with Gasteiger partial charge in [0.25, 0.3) is 5.91 Å². The molecule has 0 aliphatic carbocycles. The normalized spacial score (nSPS) is 18.4. The van der Waals surface area contributed by atoms with E-state index in [-0.39, 0.29) is 35.8 Å². The number of nitrogens with zero attached hydrogens (tertiary/aromatic N) is 2. The number of sulfonamides is 1. The van der Waals surface area contributed by atoms with Gasteiger partial charge in [-0.2, -0.15) is 0 Å². The lowest BCUT2D eigenvalue weighted by atomic mass is 9.99. The van der Waals surface area contributed by atoms with Crippen molar-refractivity contribution in [2.45, 2.75) is 32.5 Å². The van der Waals surface area contributed by atoms with E-state index in [4.69, 9.17) is 9.47 Å². The predicted octanol–water partition coefficient (Wildman–Crippen LogP) is 4.20. The number of fused-ring (bicyclic) bond motifs is 1. The predicted molar refractivity (Wildman–Crippen MR) is 155 cm³/mol. The molecule has 0 fully saturated rings. The van der Waals surface area contributed by atoms with Gasteiger partial charge in [-0.3, -0.25) is 14.4 Å². The van der Waals surface area contributed by atoms with Crippen molar-refractivity contribution in [2.75, 3.05) is 37.7 Å². The molecule has 0 radical (unpaired) electrons. The van der Waals surface area contributed by atoms with Gasteiger partial charge in [-0.15, -0.1) is 0 Å². The van der Waals surface area contributed by atoms with E-state index < -0.39 is 16.1 Å². The first-order valence-electron chi connectivity index (χ1n) is 13.2. The molecule has 40 heavy (non-hydrogen) atoms. The average molecular weight is 568 g/mol. The largest absolute Gasteiger partial charge is 0.488 e. The zero-order valence-corrected chi connectivity index (χ0v) is 24.1. The number of aliphatic hydroxyl groups excluding tert-OH is 1. The molecule has 10 heteroatoms. The molecular weight excluding hydrogens is 530 g/mol. The highest BCUT2D eigenvalue weighted by Gasteiger charge is 2.33. The molecule has 0 unspecified atom stereocenters. The Balaban J connectivity index is 1.50. The summed E-state index contributed by atoms with van der Waals surface area (Å²) in [5.74, 6) is 1.57. The van der Waals surface area contributed by atoms with Crippen LogP contribution in [-0.2, 0) is 16.6 Å². The first-order valence-corrected chi connectivity index (χ1v) is 15.1. The molecule has 3 aromatic carbocycles. The number of hydrogen-bond acceptors (Lipinski definition) is 7. The molecular formula is C30H37N3O6S. The monoisotopic (exact) mass is 567 g/mol. The number of para-hydroxylation sites is 1. The van der Waals surface area contributed by atoms with Gasteiger partial charge < -0.3 is 19.5 Å². The number of amides is 1. The van der Waals surface area contributed by atoms with Gasteiger partial charge >= 0.3 is 0 Å². The zero-order chi connectivity index (χ0) is 28.9. The maximum absolute atomic E-state index is 13.5. The van der Waals surface area contributed by atoms with Crippen LogP contribution in [0.2, 0.25) is 0 Å². The van der Waals surface area contributed by atoms with Crippen LogP contribution in [0.1, 0.15) is 29.8 Å². The Morgan fingerprint density at radius 2 is 1.77 bits per heavy atom. The Labute approximate surface area is 236 Å². The van der Waals surface area contributed by atoms with Gasteiger partial charge in [0.15, 0.2) is 0 Å². The number of benzene rings is 3. The van der Waals surface area contributed by atoms with E-state index in [1.54, 1.807) is 24.0 Å². The number of carbonyl (C=O) groups is 1. The fourth-order valence-corrected chi connectivity index (χ4v) is 5.24. The summed E-state index contributed by atoms with van der Waals surface area (Å²) in [6.45, 7) is 5.28. The summed E-state index contributed by atoms with van der Waals surface area (Å²) in [6.07, 6.45) is 0.791. The van der Waals surface area contributed by atoms with Crippen LogP contribution in [0.3, 0.4) is 0 Å². The average Bonchev–Trinajstić information content (AvgIpc) is 2.91. The smallest absolute Gasteiger partial charge is 0.258 e. The Kier molecular flexibility index (Phi) is 9.34. The molecule has 0 spiro atoms. The number of nitrogens with one attached hydrogen (secondary N) is 1. The van der Waals surface area contributed by atoms with E-state index in [1.165, 1.54) is 6.07 Å². The second-order valence-corrected chi connectivity index (χ2v) is 12.2. The lowest BCUT2D eigenvalue weighted by Gasteiger charge is -2.38. The Bertz CT molecular complexity index is 1400. The Morgan fingerprint density at radius 1 is 1.10 bits per heavy atom. The van der Waals surface area contributed by atoms with Gasteiger partial charge in [-0.25, -0.2) is 8.42 Å². The fraction of sp³-hybridized carbons (Fsp3) is 0.367. The molecule has 4 rings (SSSR count). The minimum Gasteiger partial charge on any atom is -0.488 e. The van der Waals surface area contributed by atoms with Crippen LogP contribution in [0.25, 0.3) is 0 Å². The van der Waals surface area contributed by atoms with Crippen molar-refractivity contribution in [1.29, 1.82) is 0 Å². The van der Waals surface area contributed by atoms with Gasteiger partial charge in [-0.1, -0.05) is 37.3 Å². The third kappa shape index (κ3) is 7.74. The van der Waals surface area contributed by atoms with Crippen molar-refractivity contribution < 1.29 is 27.8 Å². The number of rotatable bonds is 10. The van der Waals surface area contributed by atoms with E-state index >= 15 is 0 Å². The summed E-state index contributed by atoms with van der Waals surface area (Å²) < 4.78 is 38.3. The van der Waals surface area contributed by atoms with Crippen molar-refractivity contribution in [2.24, 2.45) is 5.92 Å². The second kappa shape index (κ2) is 12.7. The highest BCUT2D eigenvalue weighted by Crippen LogP contribution is 2.31. The fourth-order valence-electron chi connectivity index (χ4n) is 4.69. The summed E-state index contributed by atoms with van der Waals surface area (Å²) in [7, 11) is -1.51. The van der Waals surface area contributed by atoms with E-state index in [9.17, 15) is 18.3 Å². The highest BCUT2D eigenvalue weighted by molar-refractivity contribution is 7.92. The van der Waals surface area contributed by atoms with Gasteiger partial charge in [-0.05, 0) is 62.0 Å². The standard InChI is InChI=1S/C30H37N3O6S/c1-21-17-33(22(2)20-34)30(35)27-16-24(31-40(4,36)37)12-15-28(27)39-29(21)19-32(3)18-23-10-13-26(14-11-23)38-25-8-6-5-7-9-25/h5-16,21-22,29,31,34H,17-20H2,1-4H3/t21-,22+,29+/m1/s1. The summed E-state index contributed by atoms with van der Waals surface area (Å²) in [4.78, 5) is 17.3. The number of anilines is 1. The van der Waals surface area contributed by atoms with Crippen molar-refractivity contribution >= 4 is 21.6 Å². The quantitative estimate of drug-likeness (QED) is 0.378. The maximum Gasteiger partial charge on any atom is 0.258 e. The minimum absolute atomic E-state index is 0.0379. The summed E-state index contributed by atoms with van der Waals surface area (Å²) in [6, 6.07) is 21.9. The lowest BCUT2D eigenvalue weighted by Crippen LogP contribution is -2.49. The topological polar surface area (TPSA) is 108 Å². The molecule has 3 atom stereocenters. The summed E-state index contributed by atoms with van der Waals surface area (Å²) in [5.41, 5.74) is 1.64. The van der Waals surface area contributed by atoms with Crippen LogP contribution in [0, 0.1) is 5.92 Å². The molecule has 0 aromatic heterocycles. The van der Waals surface area contributed by atoms with Gasteiger partial charge in [0.1, 0.15) is 23.4 Å². The molecule has 0 saturated heterocycles. The van der Waals surface area contributed by atoms with E-state index in [1.807, 2.05) is 68.6 Å². The number of ether oxygens (including phenoxy) is 2.